The van der Waals surface area contributed by atoms with E-state index in [1.807, 2.05) is 37.3 Å². The van der Waals surface area contributed by atoms with Gasteiger partial charge in [0.15, 0.2) is 11.5 Å². The molecule has 0 saturated heterocycles. The first-order valence-electron chi connectivity index (χ1n) is 8.63. The van der Waals surface area contributed by atoms with Crippen molar-refractivity contribution < 1.29 is 14.2 Å². The van der Waals surface area contributed by atoms with E-state index in [0.717, 1.165) is 36.5 Å². The van der Waals surface area contributed by atoms with Gasteiger partial charge in [0.25, 0.3) is 0 Å². The van der Waals surface area contributed by atoms with Crippen LogP contribution < -0.4 is 19.9 Å². The van der Waals surface area contributed by atoms with Gasteiger partial charge in [0.2, 0.25) is 0 Å². The van der Waals surface area contributed by atoms with Crippen LogP contribution in [-0.4, -0.2) is 27.4 Å². The molecule has 0 aliphatic carbocycles. The lowest BCUT2D eigenvalue weighted by Crippen LogP contribution is -2.15. The third kappa shape index (κ3) is 7.48. The first-order chi connectivity index (χ1) is 12.0. The average Bonchev–Trinajstić information content (AvgIpc) is 2.66. The van der Waals surface area contributed by atoms with Crippen molar-refractivity contribution in [1.82, 2.24) is 0 Å². The van der Waals surface area contributed by atoms with Crippen LogP contribution in [-0.2, 0) is 12.8 Å². The van der Waals surface area contributed by atoms with Crippen molar-refractivity contribution in [2.24, 2.45) is 5.73 Å². The van der Waals surface area contributed by atoms with Gasteiger partial charge in [-0.25, -0.2) is 0 Å². The molecule has 0 aliphatic rings. The second-order valence-corrected chi connectivity index (χ2v) is 5.91. The number of nitrogens with two attached hydrogens (primary N) is 1. The van der Waals surface area contributed by atoms with Gasteiger partial charge in [-0.2, -0.15) is 0 Å². The van der Waals surface area contributed by atoms with Crippen LogP contribution in [0.3, 0.4) is 0 Å². The van der Waals surface area contributed by atoms with E-state index in [-0.39, 0.29) is 6.04 Å². The third-order valence-corrected chi connectivity index (χ3v) is 3.90. The van der Waals surface area contributed by atoms with Gasteiger partial charge in [-0.1, -0.05) is 25.1 Å². The summed E-state index contributed by atoms with van der Waals surface area (Å²) in [5.41, 5.74) is 8.25. The molecule has 0 heterocycles. The third-order valence-electron chi connectivity index (χ3n) is 3.90. The molecule has 25 heavy (non-hydrogen) atoms. The van der Waals surface area contributed by atoms with Gasteiger partial charge in [0.05, 0.1) is 21.3 Å². The molecule has 0 aromatic heterocycles. The molecule has 2 rings (SSSR count). The Kier molecular flexibility index (Phi) is 9.48. The van der Waals surface area contributed by atoms with Crippen LogP contribution in [0.25, 0.3) is 0 Å². The second-order valence-electron chi connectivity index (χ2n) is 5.91. The minimum Gasteiger partial charge on any atom is -0.497 e. The molecular formula is C21H31NO3. The Morgan fingerprint density at radius 1 is 0.840 bits per heavy atom. The molecule has 138 valence electrons. The molecule has 0 aliphatic heterocycles. The molecule has 0 fully saturated rings. The SMILES string of the molecule is CCc1ccc(OC)c(OC)c1.COc1ccc(CCC(C)N)cc1. The Labute approximate surface area is 151 Å². The van der Waals surface area contributed by atoms with Crippen molar-refractivity contribution in [1.29, 1.82) is 0 Å². The zero-order chi connectivity index (χ0) is 18.7. The summed E-state index contributed by atoms with van der Waals surface area (Å²) in [5.74, 6) is 2.50. The predicted octanol–water partition coefficient (Wildman–Crippen LogP) is 4.24. The van der Waals surface area contributed by atoms with Gasteiger partial charge in [-0.05, 0) is 61.6 Å². The van der Waals surface area contributed by atoms with E-state index in [0.29, 0.717) is 0 Å². The zero-order valence-corrected chi connectivity index (χ0v) is 16.0. The van der Waals surface area contributed by atoms with Crippen LogP contribution >= 0.6 is 0 Å². The van der Waals surface area contributed by atoms with Crippen molar-refractivity contribution in [3.8, 4) is 17.2 Å². The maximum Gasteiger partial charge on any atom is 0.160 e. The van der Waals surface area contributed by atoms with Gasteiger partial charge in [0, 0.05) is 6.04 Å². The van der Waals surface area contributed by atoms with Gasteiger partial charge < -0.3 is 19.9 Å². The first-order valence-corrected chi connectivity index (χ1v) is 8.63. The second kappa shape index (κ2) is 11.4. The standard InChI is InChI=1S/C11H17NO.C10H14O2/c1-9(12)3-4-10-5-7-11(13-2)8-6-10;1-4-8-5-6-9(11-2)10(7-8)12-3/h5-9H,3-4,12H2,1-2H3;5-7H,4H2,1-3H3. The average molecular weight is 345 g/mol. The summed E-state index contributed by atoms with van der Waals surface area (Å²) < 4.78 is 15.3. The summed E-state index contributed by atoms with van der Waals surface area (Å²) in [4.78, 5) is 0. The van der Waals surface area contributed by atoms with E-state index in [4.69, 9.17) is 19.9 Å². The fourth-order valence-corrected chi connectivity index (χ4v) is 2.29. The number of rotatable bonds is 7. The van der Waals surface area contributed by atoms with Crippen molar-refractivity contribution in [2.45, 2.75) is 39.2 Å². The zero-order valence-electron chi connectivity index (χ0n) is 16.0. The summed E-state index contributed by atoms with van der Waals surface area (Å²) in [5, 5.41) is 0. The van der Waals surface area contributed by atoms with Gasteiger partial charge in [-0.15, -0.1) is 0 Å². The van der Waals surface area contributed by atoms with Crippen LogP contribution in [0, 0.1) is 0 Å². The maximum absolute atomic E-state index is 5.67. The molecule has 0 saturated carbocycles. The highest BCUT2D eigenvalue weighted by molar-refractivity contribution is 5.42. The van der Waals surface area contributed by atoms with E-state index < -0.39 is 0 Å². The van der Waals surface area contributed by atoms with E-state index in [1.54, 1.807) is 21.3 Å². The first kappa shape index (κ1) is 20.8. The van der Waals surface area contributed by atoms with Crippen molar-refractivity contribution >= 4 is 0 Å². The largest absolute Gasteiger partial charge is 0.497 e. The highest BCUT2D eigenvalue weighted by Gasteiger charge is 2.02. The molecule has 2 aromatic rings. The molecule has 4 heteroatoms. The number of aryl methyl sites for hydroxylation is 2. The quantitative estimate of drug-likeness (QED) is 0.815. The topological polar surface area (TPSA) is 53.7 Å². The Bertz CT molecular complexity index is 609. The van der Waals surface area contributed by atoms with Crippen LogP contribution in [0.1, 0.15) is 31.4 Å². The lowest BCUT2D eigenvalue weighted by Gasteiger charge is -2.07. The molecule has 2 aromatic carbocycles. The molecule has 1 atom stereocenters. The highest BCUT2D eigenvalue weighted by atomic mass is 16.5. The van der Waals surface area contributed by atoms with E-state index in [9.17, 15) is 0 Å². The van der Waals surface area contributed by atoms with E-state index in [2.05, 4.69) is 19.1 Å². The number of methoxy groups -OCH3 is 3. The van der Waals surface area contributed by atoms with Crippen molar-refractivity contribution in [3.05, 3.63) is 53.6 Å². The number of hydrogen-bond donors (Lipinski definition) is 1. The van der Waals surface area contributed by atoms with Crippen molar-refractivity contribution in [3.63, 3.8) is 0 Å². The van der Waals surface area contributed by atoms with Gasteiger partial charge in [0.1, 0.15) is 5.75 Å². The lowest BCUT2D eigenvalue weighted by molar-refractivity contribution is 0.354. The smallest absolute Gasteiger partial charge is 0.160 e. The monoisotopic (exact) mass is 345 g/mol. The number of hydrogen-bond acceptors (Lipinski definition) is 4. The predicted molar refractivity (Wildman–Crippen MR) is 104 cm³/mol. The number of ether oxygens (including phenoxy) is 3. The van der Waals surface area contributed by atoms with Crippen LogP contribution in [0.15, 0.2) is 42.5 Å². The van der Waals surface area contributed by atoms with E-state index in [1.165, 1.54) is 11.1 Å². The molecule has 4 nitrogen and oxygen atoms in total. The van der Waals surface area contributed by atoms with Crippen molar-refractivity contribution in [2.75, 3.05) is 21.3 Å². The molecular weight excluding hydrogens is 314 g/mol. The fourth-order valence-electron chi connectivity index (χ4n) is 2.29. The summed E-state index contributed by atoms with van der Waals surface area (Å²) >= 11 is 0. The van der Waals surface area contributed by atoms with Crippen LogP contribution in [0.5, 0.6) is 17.2 Å². The molecule has 1 unspecified atom stereocenters. The highest BCUT2D eigenvalue weighted by Crippen LogP contribution is 2.27. The molecule has 0 radical (unpaired) electrons. The summed E-state index contributed by atoms with van der Waals surface area (Å²) in [6.45, 7) is 4.14. The Balaban J connectivity index is 0.000000251. The Morgan fingerprint density at radius 2 is 1.44 bits per heavy atom. The van der Waals surface area contributed by atoms with Gasteiger partial charge >= 0.3 is 0 Å². The summed E-state index contributed by atoms with van der Waals surface area (Å²) in [6.07, 6.45) is 3.09. The van der Waals surface area contributed by atoms with Gasteiger partial charge in [-0.3, -0.25) is 0 Å². The summed E-state index contributed by atoms with van der Waals surface area (Å²) in [7, 11) is 4.97. The molecule has 0 spiro atoms. The lowest BCUT2D eigenvalue weighted by atomic mass is 10.1. The number of benzene rings is 2. The van der Waals surface area contributed by atoms with Crippen LogP contribution in [0.4, 0.5) is 0 Å². The normalized spacial score (nSPS) is 11.1. The molecule has 0 amide bonds. The molecule has 2 N–H and O–H groups in total. The van der Waals surface area contributed by atoms with E-state index >= 15 is 0 Å². The minimum absolute atomic E-state index is 0.280. The maximum atomic E-state index is 5.67. The Hall–Kier alpha value is -2.20. The fraction of sp³-hybridized carbons (Fsp3) is 0.429. The van der Waals surface area contributed by atoms with Crippen LogP contribution in [0.2, 0.25) is 0 Å². The summed E-state index contributed by atoms with van der Waals surface area (Å²) in [6, 6.07) is 14.4. The Morgan fingerprint density at radius 3 is 1.92 bits per heavy atom. The molecule has 0 bridgehead atoms. The minimum atomic E-state index is 0.280.